The van der Waals surface area contributed by atoms with Crippen molar-refractivity contribution in [3.63, 3.8) is 0 Å². The van der Waals surface area contributed by atoms with Gasteiger partial charge in [-0.05, 0) is 39.6 Å². The summed E-state index contributed by atoms with van der Waals surface area (Å²) in [6, 6.07) is 3.99. The monoisotopic (exact) mass is 287 g/mol. The summed E-state index contributed by atoms with van der Waals surface area (Å²) in [5, 5.41) is 0. The molecule has 0 saturated carbocycles. The molecule has 14 heavy (non-hydrogen) atoms. The van der Waals surface area contributed by atoms with Crippen LogP contribution in [0.15, 0.2) is 33.5 Å². The molecule has 0 fully saturated rings. The van der Waals surface area contributed by atoms with Gasteiger partial charge in [0.25, 0.3) is 0 Å². The molecule has 0 radical (unpaired) electrons. The van der Waals surface area contributed by atoms with Gasteiger partial charge in [0.1, 0.15) is 6.33 Å². The van der Waals surface area contributed by atoms with Crippen LogP contribution in [0.5, 0.6) is 0 Å². The lowest BCUT2D eigenvalue weighted by molar-refractivity contribution is 1.15. The summed E-state index contributed by atoms with van der Waals surface area (Å²) in [4.78, 5) is 8.35. The highest BCUT2D eigenvalue weighted by molar-refractivity contribution is 9.10. The van der Waals surface area contributed by atoms with Crippen molar-refractivity contribution in [2.45, 2.75) is 10.1 Å². The van der Waals surface area contributed by atoms with Crippen molar-refractivity contribution in [1.82, 2.24) is 14.3 Å². The maximum absolute atomic E-state index is 4.27. The molecule has 6 heteroatoms. The van der Waals surface area contributed by atoms with Crippen LogP contribution in [0.25, 0.3) is 0 Å². The number of rotatable bonds is 3. The Morgan fingerprint density at radius 2 is 2.29 bits per heavy atom. The maximum Gasteiger partial charge on any atom is 0.170 e. The van der Waals surface area contributed by atoms with E-state index in [-0.39, 0.29) is 0 Å². The van der Waals surface area contributed by atoms with Gasteiger partial charge < -0.3 is 0 Å². The van der Waals surface area contributed by atoms with Crippen molar-refractivity contribution in [2.75, 3.05) is 0 Å². The van der Waals surface area contributed by atoms with Crippen LogP contribution in [-0.2, 0) is 5.75 Å². The number of thioether (sulfide) groups is 1. The third-order valence-corrected chi connectivity index (χ3v) is 3.77. The molecule has 0 atom stereocenters. The van der Waals surface area contributed by atoms with E-state index in [4.69, 9.17) is 0 Å². The zero-order chi connectivity index (χ0) is 9.80. The fraction of sp³-hybridized carbons (Fsp3) is 0.125. The van der Waals surface area contributed by atoms with Crippen LogP contribution in [0, 0.1) is 0 Å². The number of pyridine rings is 1. The van der Waals surface area contributed by atoms with Gasteiger partial charge in [0.15, 0.2) is 4.34 Å². The van der Waals surface area contributed by atoms with Gasteiger partial charge in [0.05, 0.1) is 5.69 Å². The molecule has 72 valence electrons. The van der Waals surface area contributed by atoms with Crippen molar-refractivity contribution in [3.05, 3.63) is 34.8 Å². The maximum atomic E-state index is 4.27. The standard InChI is InChI=1S/C8H6BrN3S2/c9-6-1-2-7(10-3-6)4-13-8-11-5-12-14-8/h1-3,5H,4H2. The van der Waals surface area contributed by atoms with E-state index in [1.807, 2.05) is 12.1 Å². The Hall–Kier alpha value is -0.460. The van der Waals surface area contributed by atoms with Gasteiger partial charge in [-0.25, -0.2) is 4.98 Å². The van der Waals surface area contributed by atoms with Crippen LogP contribution in [0.3, 0.4) is 0 Å². The first-order valence-electron chi connectivity index (χ1n) is 3.84. The second-order valence-corrected chi connectivity index (χ2v) is 5.38. The highest BCUT2D eigenvalue weighted by Gasteiger charge is 1.99. The summed E-state index contributed by atoms with van der Waals surface area (Å²) in [5.41, 5.74) is 1.05. The highest BCUT2D eigenvalue weighted by atomic mass is 79.9. The Morgan fingerprint density at radius 3 is 2.93 bits per heavy atom. The summed E-state index contributed by atoms with van der Waals surface area (Å²) >= 11 is 6.41. The summed E-state index contributed by atoms with van der Waals surface area (Å²) in [7, 11) is 0. The molecule has 3 nitrogen and oxygen atoms in total. The molecule has 0 aromatic carbocycles. The van der Waals surface area contributed by atoms with Crippen LogP contribution in [0.2, 0.25) is 0 Å². The zero-order valence-corrected chi connectivity index (χ0v) is 10.3. The molecule has 0 aliphatic heterocycles. The Bertz CT molecular complexity index is 387. The summed E-state index contributed by atoms with van der Waals surface area (Å²) in [5.74, 6) is 0.836. The van der Waals surface area contributed by atoms with Gasteiger partial charge in [-0.2, -0.15) is 4.37 Å². The van der Waals surface area contributed by atoms with E-state index in [0.717, 1.165) is 20.3 Å². The highest BCUT2D eigenvalue weighted by Crippen LogP contribution is 2.22. The van der Waals surface area contributed by atoms with E-state index in [9.17, 15) is 0 Å². The lowest BCUT2D eigenvalue weighted by Gasteiger charge is -1.97. The smallest absolute Gasteiger partial charge is 0.170 e. The van der Waals surface area contributed by atoms with Crippen LogP contribution in [0.1, 0.15) is 5.69 Å². The van der Waals surface area contributed by atoms with Crippen molar-refractivity contribution >= 4 is 39.2 Å². The predicted octanol–water partition coefficient (Wildman–Crippen LogP) is 2.99. The summed E-state index contributed by atoms with van der Waals surface area (Å²) in [6.07, 6.45) is 3.37. The number of hydrogen-bond acceptors (Lipinski definition) is 5. The lowest BCUT2D eigenvalue weighted by atomic mass is 10.4. The normalized spacial score (nSPS) is 10.4. The van der Waals surface area contributed by atoms with Crippen molar-refractivity contribution in [3.8, 4) is 0 Å². The van der Waals surface area contributed by atoms with Crippen molar-refractivity contribution < 1.29 is 0 Å². The first-order chi connectivity index (χ1) is 6.84. The molecule has 0 spiro atoms. The second-order valence-electron chi connectivity index (χ2n) is 2.46. The topological polar surface area (TPSA) is 38.7 Å². The molecule has 0 aliphatic carbocycles. The van der Waals surface area contributed by atoms with Crippen LogP contribution < -0.4 is 0 Å². The van der Waals surface area contributed by atoms with E-state index in [2.05, 4.69) is 30.3 Å². The van der Waals surface area contributed by atoms with E-state index in [0.29, 0.717) is 0 Å². The molecule has 0 aliphatic rings. The van der Waals surface area contributed by atoms with E-state index >= 15 is 0 Å². The van der Waals surface area contributed by atoms with Crippen molar-refractivity contribution in [2.24, 2.45) is 0 Å². The van der Waals surface area contributed by atoms with Crippen LogP contribution >= 0.6 is 39.2 Å². The Labute approximate surface area is 98.3 Å². The zero-order valence-electron chi connectivity index (χ0n) is 7.05. The Morgan fingerprint density at radius 1 is 1.36 bits per heavy atom. The van der Waals surface area contributed by atoms with E-state index in [1.54, 1.807) is 24.3 Å². The summed E-state index contributed by atoms with van der Waals surface area (Å²) < 4.78 is 5.91. The molecule has 2 aromatic rings. The quantitative estimate of drug-likeness (QED) is 0.814. The molecule has 0 amide bonds. The fourth-order valence-electron chi connectivity index (χ4n) is 0.854. The minimum Gasteiger partial charge on any atom is -0.259 e. The predicted molar refractivity (Wildman–Crippen MR) is 61.4 cm³/mol. The minimum atomic E-state index is 0.836. The van der Waals surface area contributed by atoms with Gasteiger partial charge in [-0.1, -0.05) is 11.8 Å². The average Bonchev–Trinajstić information content (AvgIpc) is 2.70. The number of nitrogens with zero attached hydrogens (tertiary/aromatic N) is 3. The molecular weight excluding hydrogens is 282 g/mol. The van der Waals surface area contributed by atoms with E-state index < -0.39 is 0 Å². The molecule has 0 unspecified atom stereocenters. The third kappa shape index (κ3) is 2.76. The van der Waals surface area contributed by atoms with E-state index in [1.165, 1.54) is 11.5 Å². The van der Waals surface area contributed by atoms with Gasteiger partial charge >= 0.3 is 0 Å². The third-order valence-electron chi connectivity index (χ3n) is 1.47. The van der Waals surface area contributed by atoms with Gasteiger partial charge in [-0.15, -0.1) is 0 Å². The minimum absolute atomic E-state index is 0.836. The Kier molecular flexibility index (Phi) is 3.49. The number of hydrogen-bond donors (Lipinski definition) is 0. The van der Waals surface area contributed by atoms with Crippen LogP contribution in [0.4, 0.5) is 0 Å². The SMILES string of the molecule is Brc1ccc(CSc2ncns2)nc1. The van der Waals surface area contributed by atoms with Crippen molar-refractivity contribution in [1.29, 1.82) is 0 Å². The largest absolute Gasteiger partial charge is 0.259 e. The molecule has 0 saturated heterocycles. The second kappa shape index (κ2) is 4.86. The first kappa shape index (κ1) is 10.1. The number of aromatic nitrogens is 3. The first-order valence-corrected chi connectivity index (χ1v) is 6.40. The lowest BCUT2D eigenvalue weighted by Crippen LogP contribution is -1.84. The number of halogens is 1. The Balaban J connectivity index is 1.95. The van der Waals surface area contributed by atoms with Gasteiger partial charge in [0, 0.05) is 16.4 Å². The molecular formula is C8H6BrN3S2. The molecule has 2 heterocycles. The van der Waals surface area contributed by atoms with Gasteiger partial charge in [-0.3, -0.25) is 4.98 Å². The molecule has 2 rings (SSSR count). The van der Waals surface area contributed by atoms with Crippen LogP contribution in [-0.4, -0.2) is 14.3 Å². The molecule has 2 aromatic heterocycles. The van der Waals surface area contributed by atoms with Gasteiger partial charge in [0.2, 0.25) is 0 Å². The fourth-order valence-corrected chi connectivity index (χ4v) is 2.45. The summed E-state index contributed by atoms with van der Waals surface area (Å²) in [6.45, 7) is 0. The molecule has 0 bridgehead atoms. The average molecular weight is 288 g/mol. The molecule has 0 N–H and O–H groups in total.